The zero-order valence-corrected chi connectivity index (χ0v) is 11.5. The van der Waals surface area contributed by atoms with Crippen LogP contribution in [-0.2, 0) is 14.4 Å². The number of hydrogen-bond acceptors (Lipinski definition) is 3. The highest BCUT2D eigenvalue weighted by Gasteiger charge is 2.24. The van der Waals surface area contributed by atoms with Crippen LogP contribution in [0.25, 0.3) is 0 Å². The minimum atomic E-state index is -1.06. The van der Waals surface area contributed by atoms with E-state index in [4.69, 9.17) is 5.11 Å². The summed E-state index contributed by atoms with van der Waals surface area (Å²) in [7, 11) is 0. The summed E-state index contributed by atoms with van der Waals surface area (Å²) in [6, 6.07) is -0.898. The Kier molecular flexibility index (Phi) is 8.24. The summed E-state index contributed by atoms with van der Waals surface area (Å²) in [6.07, 6.45) is 3.36. The van der Waals surface area contributed by atoms with E-state index in [1.165, 1.54) is 18.7 Å². The number of nitrogens with zero attached hydrogens (tertiary/aromatic N) is 1. The molecule has 0 aliphatic heterocycles. The predicted molar refractivity (Wildman–Crippen MR) is 71.5 cm³/mol. The molecule has 1 atom stereocenters. The molecule has 2 N–H and O–H groups in total. The monoisotopic (exact) mass is 270 g/mol. The van der Waals surface area contributed by atoms with Crippen LogP contribution in [0, 0.1) is 0 Å². The van der Waals surface area contributed by atoms with E-state index in [2.05, 4.69) is 11.9 Å². The van der Waals surface area contributed by atoms with Gasteiger partial charge < -0.3 is 15.3 Å². The van der Waals surface area contributed by atoms with Gasteiger partial charge in [0.2, 0.25) is 11.8 Å². The van der Waals surface area contributed by atoms with Crippen LogP contribution in [0.5, 0.6) is 0 Å². The van der Waals surface area contributed by atoms with E-state index in [-0.39, 0.29) is 31.3 Å². The number of carbonyl (C=O) groups excluding carboxylic acids is 2. The molecule has 0 aliphatic carbocycles. The molecular formula is C13H22N2O4. The standard InChI is InChI=1S/C13H22N2O4/c1-4-5-6-7-12(17)15(10(2)13(18)19)9-8-14-11(3)16/h4,10H,1,5-9H2,2-3H3,(H,14,16)(H,18,19). The summed E-state index contributed by atoms with van der Waals surface area (Å²) < 4.78 is 0. The SMILES string of the molecule is C=CCCCC(=O)N(CCNC(C)=O)C(C)C(=O)O. The minimum Gasteiger partial charge on any atom is -0.480 e. The topological polar surface area (TPSA) is 86.7 Å². The van der Waals surface area contributed by atoms with Crippen molar-refractivity contribution >= 4 is 17.8 Å². The Morgan fingerprint density at radius 3 is 2.53 bits per heavy atom. The molecule has 0 aliphatic rings. The number of carboxylic acids is 1. The second kappa shape index (κ2) is 9.13. The Morgan fingerprint density at radius 2 is 2.05 bits per heavy atom. The number of allylic oxidation sites excluding steroid dienone is 1. The van der Waals surface area contributed by atoms with Crippen molar-refractivity contribution in [2.24, 2.45) is 0 Å². The van der Waals surface area contributed by atoms with E-state index in [1.807, 2.05) is 0 Å². The predicted octanol–water partition coefficient (Wildman–Crippen LogP) is 0.781. The first-order chi connectivity index (χ1) is 8.90. The maximum atomic E-state index is 12.0. The number of amides is 2. The minimum absolute atomic E-state index is 0.194. The highest BCUT2D eigenvalue weighted by atomic mass is 16.4. The highest BCUT2D eigenvalue weighted by Crippen LogP contribution is 2.06. The molecular weight excluding hydrogens is 248 g/mol. The lowest BCUT2D eigenvalue weighted by Gasteiger charge is -2.26. The van der Waals surface area contributed by atoms with Gasteiger partial charge in [0.25, 0.3) is 0 Å². The molecule has 1 unspecified atom stereocenters. The lowest BCUT2D eigenvalue weighted by molar-refractivity contribution is -0.149. The molecule has 0 bridgehead atoms. The van der Waals surface area contributed by atoms with Gasteiger partial charge in [0.05, 0.1) is 0 Å². The van der Waals surface area contributed by atoms with Gasteiger partial charge >= 0.3 is 5.97 Å². The molecule has 0 rings (SSSR count). The molecule has 0 aromatic rings. The summed E-state index contributed by atoms with van der Waals surface area (Å²) in [5.41, 5.74) is 0. The number of nitrogens with one attached hydrogen (secondary N) is 1. The molecule has 0 saturated carbocycles. The number of carboxylic acid groups (broad SMARTS) is 1. The first-order valence-electron chi connectivity index (χ1n) is 6.27. The molecule has 0 saturated heterocycles. The maximum absolute atomic E-state index is 12.0. The second-order valence-electron chi connectivity index (χ2n) is 4.27. The lowest BCUT2D eigenvalue weighted by atomic mass is 10.2. The molecule has 2 amide bonds. The van der Waals surface area contributed by atoms with Crippen molar-refractivity contribution in [3.05, 3.63) is 12.7 Å². The molecule has 6 heteroatoms. The van der Waals surface area contributed by atoms with Crippen LogP contribution in [-0.4, -0.2) is 46.9 Å². The zero-order chi connectivity index (χ0) is 14.8. The third-order valence-electron chi connectivity index (χ3n) is 2.67. The Bertz CT molecular complexity index is 342. The van der Waals surface area contributed by atoms with Crippen molar-refractivity contribution in [2.75, 3.05) is 13.1 Å². The zero-order valence-electron chi connectivity index (χ0n) is 11.5. The van der Waals surface area contributed by atoms with Crippen LogP contribution >= 0.6 is 0 Å². The Hall–Kier alpha value is -1.85. The van der Waals surface area contributed by atoms with Crippen LogP contribution in [0.4, 0.5) is 0 Å². The largest absolute Gasteiger partial charge is 0.480 e. The fourth-order valence-corrected chi connectivity index (χ4v) is 1.56. The third-order valence-corrected chi connectivity index (χ3v) is 2.67. The molecule has 0 heterocycles. The van der Waals surface area contributed by atoms with Crippen LogP contribution in [0.15, 0.2) is 12.7 Å². The molecule has 0 aromatic heterocycles. The van der Waals surface area contributed by atoms with Gasteiger partial charge in [-0.2, -0.15) is 0 Å². The van der Waals surface area contributed by atoms with E-state index >= 15 is 0 Å². The molecule has 19 heavy (non-hydrogen) atoms. The number of unbranched alkanes of at least 4 members (excludes halogenated alkanes) is 1. The average molecular weight is 270 g/mol. The smallest absolute Gasteiger partial charge is 0.326 e. The Balaban J connectivity index is 4.47. The molecule has 0 spiro atoms. The molecule has 0 aromatic carbocycles. The number of carbonyl (C=O) groups is 3. The third kappa shape index (κ3) is 7.23. The Morgan fingerprint density at radius 1 is 1.42 bits per heavy atom. The summed E-state index contributed by atoms with van der Waals surface area (Å²) in [6.45, 7) is 6.84. The molecule has 6 nitrogen and oxygen atoms in total. The summed E-state index contributed by atoms with van der Waals surface area (Å²) in [4.78, 5) is 35.0. The summed E-state index contributed by atoms with van der Waals surface area (Å²) in [5.74, 6) is -1.48. The van der Waals surface area contributed by atoms with Crippen molar-refractivity contribution < 1.29 is 19.5 Å². The van der Waals surface area contributed by atoms with Crippen LogP contribution < -0.4 is 5.32 Å². The fourth-order valence-electron chi connectivity index (χ4n) is 1.56. The molecule has 0 radical (unpaired) electrons. The van der Waals surface area contributed by atoms with Crippen molar-refractivity contribution in [2.45, 2.75) is 39.2 Å². The van der Waals surface area contributed by atoms with Gasteiger partial charge in [0.15, 0.2) is 0 Å². The van der Waals surface area contributed by atoms with Crippen molar-refractivity contribution in [1.82, 2.24) is 10.2 Å². The van der Waals surface area contributed by atoms with E-state index in [1.54, 1.807) is 6.08 Å². The second-order valence-corrected chi connectivity index (χ2v) is 4.27. The van der Waals surface area contributed by atoms with Gasteiger partial charge in [-0.15, -0.1) is 6.58 Å². The number of aliphatic carboxylic acids is 1. The van der Waals surface area contributed by atoms with Gasteiger partial charge in [-0.05, 0) is 19.8 Å². The van der Waals surface area contributed by atoms with Gasteiger partial charge in [-0.3, -0.25) is 9.59 Å². The van der Waals surface area contributed by atoms with Crippen LogP contribution in [0.2, 0.25) is 0 Å². The van der Waals surface area contributed by atoms with Crippen LogP contribution in [0.3, 0.4) is 0 Å². The fraction of sp³-hybridized carbons (Fsp3) is 0.615. The van der Waals surface area contributed by atoms with E-state index in [0.29, 0.717) is 12.8 Å². The van der Waals surface area contributed by atoms with Crippen LogP contribution in [0.1, 0.15) is 33.1 Å². The first-order valence-corrected chi connectivity index (χ1v) is 6.27. The van der Waals surface area contributed by atoms with E-state index < -0.39 is 12.0 Å². The average Bonchev–Trinajstić information content (AvgIpc) is 2.33. The van der Waals surface area contributed by atoms with Crippen molar-refractivity contribution in [3.8, 4) is 0 Å². The number of rotatable bonds is 9. The van der Waals surface area contributed by atoms with Crippen molar-refractivity contribution in [3.63, 3.8) is 0 Å². The maximum Gasteiger partial charge on any atom is 0.326 e. The molecule has 0 fully saturated rings. The van der Waals surface area contributed by atoms with Gasteiger partial charge in [0.1, 0.15) is 6.04 Å². The first kappa shape index (κ1) is 17.2. The number of hydrogen-bond donors (Lipinski definition) is 2. The quantitative estimate of drug-likeness (QED) is 0.479. The highest BCUT2D eigenvalue weighted by molar-refractivity contribution is 5.83. The van der Waals surface area contributed by atoms with E-state index in [9.17, 15) is 14.4 Å². The van der Waals surface area contributed by atoms with Gasteiger partial charge in [-0.1, -0.05) is 6.08 Å². The summed E-state index contributed by atoms with van der Waals surface area (Å²) in [5, 5.41) is 11.5. The molecule has 108 valence electrons. The van der Waals surface area contributed by atoms with E-state index in [0.717, 1.165) is 0 Å². The normalized spacial score (nSPS) is 11.5. The Labute approximate surface area is 113 Å². The summed E-state index contributed by atoms with van der Waals surface area (Å²) >= 11 is 0. The lowest BCUT2D eigenvalue weighted by Crippen LogP contribution is -2.46. The van der Waals surface area contributed by atoms with Gasteiger partial charge in [0, 0.05) is 26.4 Å². The van der Waals surface area contributed by atoms with Crippen molar-refractivity contribution in [1.29, 1.82) is 0 Å². The van der Waals surface area contributed by atoms with Gasteiger partial charge in [-0.25, -0.2) is 4.79 Å².